The van der Waals surface area contributed by atoms with Gasteiger partial charge in [0.15, 0.2) is 5.78 Å². The van der Waals surface area contributed by atoms with Crippen LogP contribution in [0.4, 0.5) is 0 Å². The lowest BCUT2D eigenvalue weighted by molar-refractivity contribution is 0.101. The van der Waals surface area contributed by atoms with Gasteiger partial charge >= 0.3 is 0 Å². The SMILES string of the molecule is CC(=O)c1c(-c2ccccc2)c2cc(C#N)ccc2[nH]c1=O. The van der Waals surface area contributed by atoms with E-state index in [0.29, 0.717) is 22.0 Å². The molecule has 0 radical (unpaired) electrons. The number of aromatic amines is 1. The van der Waals surface area contributed by atoms with Gasteiger partial charge in [0, 0.05) is 16.5 Å². The number of nitrogens with one attached hydrogen (secondary N) is 1. The molecule has 0 aliphatic rings. The predicted molar refractivity (Wildman–Crippen MR) is 84.7 cm³/mol. The number of rotatable bonds is 2. The second-order valence-corrected chi connectivity index (χ2v) is 5.00. The van der Waals surface area contributed by atoms with Crippen LogP contribution < -0.4 is 5.56 Å². The molecule has 1 N–H and O–H groups in total. The van der Waals surface area contributed by atoms with E-state index >= 15 is 0 Å². The molecule has 0 atom stereocenters. The molecule has 0 bridgehead atoms. The van der Waals surface area contributed by atoms with Gasteiger partial charge in [-0.25, -0.2) is 0 Å². The summed E-state index contributed by atoms with van der Waals surface area (Å²) in [6.45, 7) is 1.37. The van der Waals surface area contributed by atoms with E-state index < -0.39 is 5.56 Å². The minimum absolute atomic E-state index is 0.119. The van der Waals surface area contributed by atoms with Gasteiger partial charge in [0.1, 0.15) is 0 Å². The molecular weight excluding hydrogens is 276 g/mol. The number of hydrogen-bond acceptors (Lipinski definition) is 3. The number of fused-ring (bicyclic) bond motifs is 1. The molecule has 0 aliphatic heterocycles. The van der Waals surface area contributed by atoms with Crippen molar-refractivity contribution in [2.75, 3.05) is 0 Å². The van der Waals surface area contributed by atoms with Crippen molar-refractivity contribution in [1.82, 2.24) is 4.98 Å². The van der Waals surface area contributed by atoms with Crippen molar-refractivity contribution in [3.05, 3.63) is 70.0 Å². The highest BCUT2D eigenvalue weighted by atomic mass is 16.1. The molecule has 0 saturated carbocycles. The van der Waals surface area contributed by atoms with E-state index in [9.17, 15) is 9.59 Å². The molecule has 106 valence electrons. The summed E-state index contributed by atoms with van der Waals surface area (Å²) in [6, 6.07) is 16.4. The number of carbonyl (C=O) groups excluding carboxylic acids is 1. The summed E-state index contributed by atoms with van der Waals surface area (Å²) in [5.74, 6) is -0.302. The Hall–Kier alpha value is -3.19. The molecule has 4 heteroatoms. The second-order valence-electron chi connectivity index (χ2n) is 5.00. The van der Waals surface area contributed by atoms with Crippen molar-refractivity contribution in [2.24, 2.45) is 0 Å². The van der Waals surface area contributed by atoms with E-state index in [2.05, 4.69) is 11.1 Å². The van der Waals surface area contributed by atoms with E-state index in [1.54, 1.807) is 18.2 Å². The van der Waals surface area contributed by atoms with E-state index in [-0.39, 0.29) is 11.3 Å². The van der Waals surface area contributed by atoms with E-state index in [4.69, 9.17) is 5.26 Å². The van der Waals surface area contributed by atoms with Crippen LogP contribution in [-0.4, -0.2) is 10.8 Å². The lowest BCUT2D eigenvalue weighted by Gasteiger charge is -2.11. The van der Waals surface area contributed by atoms with Crippen LogP contribution in [0.25, 0.3) is 22.0 Å². The maximum atomic E-state index is 12.3. The summed E-state index contributed by atoms with van der Waals surface area (Å²) < 4.78 is 0. The Morgan fingerprint density at radius 1 is 1.14 bits per heavy atom. The van der Waals surface area contributed by atoms with Gasteiger partial charge in [0.05, 0.1) is 17.2 Å². The van der Waals surface area contributed by atoms with Crippen LogP contribution in [0.3, 0.4) is 0 Å². The van der Waals surface area contributed by atoms with Gasteiger partial charge in [-0.15, -0.1) is 0 Å². The van der Waals surface area contributed by atoms with E-state index in [1.807, 2.05) is 30.3 Å². The Morgan fingerprint density at radius 3 is 2.50 bits per heavy atom. The minimum atomic E-state index is -0.413. The maximum absolute atomic E-state index is 12.3. The molecule has 2 aromatic carbocycles. The largest absolute Gasteiger partial charge is 0.321 e. The monoisotopic (exact) mass is 288 g/mol. The van der Waals surface area contributed by atoms with Crippen molar-refractivity contribution >= 4 is 16.7 Å². The summed E-state index contributed by atoms with van der Waals surface area (Å²) in [5, 5.41) is 9.79. The number of benzene rings is 2. The van der Waals surface area contributed by atoms with E-state index in [0.717, 1.165) is 5.56 Å². The van der Waals surface area contributed by atoms with Crippen LogP contribution in [0.15, 0.2) is 53.3 Å². The highest BCUT2D eigenvalue weighted by Crippen LogP contribution is 2.30. The molecule has 0 unspecified atom stereocenters. The lowest BCUT2D eigenvalue weighted by atomic mass is 9.94. The highest BCUT2D eigenvalue weighted by Gasteiger charge is 2.18. The van der Waals surface area contributed by atoms with Crippen LogP contribution in [0, 0.1) is 11.3 Å². The number of ketones is 1. The minimum Gasteiger partial charge on any atom is -0.321 e. The Morgan fingerprint density at radius 2 is 1.86 bits per heavy atom. The Labute approximate surface area is 126 Å². The molecule has 0 fully saturated rings. The molecule has 1 aromatic heterocycles. The van der Waals surface area contributed by atoms with Gasteiger partial charge in [-0.3, -0.25) is 9.59 Å². The fourth-order valence-electron chi connectivity index (χ4n) is 2.60. The van der Waals surface area contributed by atoms with Gasteiger partial charge < -0.3 is 4.98 Å². The molecule has 0 amide bonds. The van der Waals surface area contributed by atoms with Crippen molar-refractivity contribution in [3.8, 4) is 17.2 Å². The summed E-state index contributed by atoms with van der Waals surface area (Å²) >= 11 is 0. The number of pyridine rings is 1. The van der Waals surface area contributed by atoms with Crippen LogP contribution >= 0.6 is 0 Å². The number of carbonyl (C=O) groups is 1. The van der Waals surface area contributed by atoms with Gasteiger partial charge in [-0.2, -0.15) is 5.26 Å². The van der Waals surface area contributed by atoms with Crippen molar-refractivity contribution in [1.29, 1.82) is 5.26 Å². The maximum Gasteiger partial charge on any atom is 0.259 e. The Kier molecular flexibility index (Phi) is 3.32. The summed E-state index contributed by atoms with van der Waals surface area (Å²) in [4.78, 5) is 27.0. The zero-order valence-corrected chi connectivity index (χ0v) is 11.9. The van der Waals surface area contributed by atoms with E-state index in [1.165, 1.54) is 6.92 Å². The van der Waals surface area contributed by atoms with Crippen molar-refractivity contribution < 1.29 is 4.79 Å². The normalized spacial score (nSPS) is 10.4. The summed E-state index contributed by atoms with van der Waals surface area (Å²) in [5.41, 5.74) is 2.14. The lowest BCUT2D eigenvalue weighted by Crippen LogP contribution is -2.18. The first-order valence-corrected chi connectivity index (χ1v) is 6.78. The van der Waals surface area contributed by atoms with Gasteiger partial charge in [-0.1, -0.05) is 30.3 Å². The molecule has 0 aliphatic carbocycles. The van der Waals surface area contributed by atoms with Crippen LogP contribution in [0.2, 0.25) is 0 Å². The topological polar surface area (TPSA) is 73.7 Å². The number of nitrogens with zero attached hydrogens (tertiary/aromatic N) is 1. The molecule has 1 heterocycles. The van der Waals surface area contributed by atoms with Gasteiger partial charge in [0.2, 0.25) is 0 Å². The third kappa shape index (κ3) is 2.19. The molecule has 0 spiro atoms. The standard InChI is InChI=1S/C18H12N2O2/c1-11(21)16-17(13-5-3-2-4-6-13)14-9-12(10-19)7-8-15(14)20-18(16)22/h2-9H,1H3,(H,20,22). The molecule has 4 nitrogen and oxygen atoms in total. The van der Waals surface area contributed by atoms with Gasteiger partial charge in [-0.05, 0) is 30.7 Å². The average Bonchev–Trinajstić information content (AvgIpc) is 2.53. The number of aromatic nitrogens is 1. The van der Waals surface area contributed by atoms with Crippen molar-refractivity contribution in [3.63, 3.8) is 0 Å². The molecular formula is C18H12N2O2. The van der Waals surface area contributed by atoms with Crippen LogP contribution in [0.5, 0.6) is 0 Å². The van der Waals surface area contributed by atoms with Crippen LogP contribution in [-0.2, 0) is 0 Å². The molecule has 3 rings (SSSR count). The fourth-order valence-corrected chi connectivity index (χ4v) is 2.60. The first-order valence-electron chi connectivity index (χ1n) is 6.78. The van der Waals surface area contributed by atoms with Crippen molar-refractivity contribution in [2.45, 2.75) is 6.92 Å². The first kappa shape index (κ1) is 13.8. The third-order valence-corrected chi connectivity index (χ3v) is 3.56. The van der Waals surface area contributed by atoms with Gasteiger partial charge in [0.25, 0.3) is 5.56 Å². The third-order valence-electron chi connectivity index (χ3n) is 3.56. The smallest absolute Gasteiger partial charge is 0.259 e. The zero-order valence-electron chi connectivity index (χ0n) is 11.9. The number of Topliss-reactive ketones (excluding diaryl/α,β-unsaturated/α-hetero) is 1. The number of hydrogen-bond donors (Lipinski definition) is 1. The number of H-pyrrole nitrogens is 1. The average molecular weight is 288 g/mol. The van der Waals surface area contributed by atoms with Crippen LogP contribution in [0.1, 0.15) is 22.8 Å². The first-order chi connectivity index (χ1) is 10.6. The quantitative estimate of drug-likeness (QED) is 0.735. The summed E-state index contributed by atoms with van der Waals surface area (Å²) in [7, 11) is 0. The fraction of sp³-hybridized carbons (Fsp3) is 0.0556. The second kappa shape index (κ2) is 5.30. The molecule has 3 aromatic rings. The molecule has 0 saturated heterocycles. The predicted octanol–water partition coefficient (Wildman–Crippen LogP) is 3.27. The zero-order chi connectivity index (χ0) is 15.7. The summed E-state index contributed by atoms with van der Waals surface area (Å²) in [6.07, 6.45) is 0. The number of nitriles is 1. The highest BCUT2D eigenvalue weighted by molar-refractivity contribution is 6.08. The Balaban J connectivity index is 2.54. The Bertz CT molecular complexity index is 980. The molecule has 22 heavy (non-hydrogen) atoms.